The number of nitrogens with one attached hydrogen (secondary N) is 1. The maximum atomic E-state index is 12.6. The van der Waals surface area contributed by atoms with Crippen molar-refractivity contribution in [1.29, 1.82) is 0 Å². The van der Waals surface area contributed by atoms with Crippen LogP contribution in [-0.2, 0) is 0 Å². The van der Waals surface area contributed by atoms with E-state index in [9.17, 15) is 14.9 Å². The van der Waals surface area contributed by atoms with E-state index in [4.69, 9.17) is 16.3 Å². The summed E-state index contributed by atoms with van der Waals surface area (Å²) in [5, 5.41) is 14.0. The van der Waals surface area contributed by atoms with Crippen LogP contribution in [-0.4, -0.2) is 48.5 Å². The zero-order chi connectivity index (χ0) is 17.7. The molecule has 1 aromatic carbocycles. The Morgan fingerprint density at radius 1 is 1.50 bits per heavy atom. The fraction of sp³-hybridized carbons (Fsp3) is 0.562. The number of benzene rings is 1. The predicted molar refractivity (Wildman–Crippen MR) is 91.9 cm³/mol. The van der Waals surface area contributed by atoms with E-state index < -0.39 is 4.92 Å². The largest absolute Gasteiger partial charge is 0.496 e. The summed E-state index contributed by atoms with van der Waals surface area (Å²) < 4.78 is 5.16. The normalized spacial score (nSPS) is 18.7. The van der Waals surface area contributed by atoms with Crippen LogP contribution in [0.15, 0.2) is 12.1 Å². The molecule has 0 aliphatic carbocycles. The number of methoxy groups -OCH3 is 1. The van der Waals surface area contributed by atoms with Gasteiger partial charge in [-0.15, -0.1) is 0 Å². The summed E-state index contributed by atoms with van der Waals surface area (Å²) in [6.45, 7) is 4.83. The van der Waals surface area contributed by atoms with E-state index in [0.717, 1.165) is 38.9 Å². The van der Waals surface area contributed by atoms with Gasteiger partial charge in [0.15, 0.2) is 0 Å². The maximum absolute atomic E-state index is 12.6. The lowest BCUT2D eigenvalue weighted by atomic mass is 10.1. The van der Waals surface area contributed by atoms with Gasteiger partial charge in [-0.25, -0.2) is 0 Å². The van der Waals surface area contributed by atoms with Crippen LogP contribution in [0.25, 0.3) is 0 Å². The van der Waals surface area contributed by atoms with Gasteiger partial charge in [0.05, 0.1) is 17.6 Å². The minimum atomic E-state index is -0.608. The topological polar surface area (TPSA) is 84.7 Å². The standard InChI is InChI=1S/C16H22ClN3O4/c1-3-19-7-5-4-6-11(10-19)18-16(21)12-8-14(20(22)23)13(17)9-15(12)24-2/h8-9,11H,3-7,10H2,1-2H3,(H,18,21). The van der Waals surface area contributed by atoms with Gasteiger partial charge in [0.25, 0.3) is 11.6 Å². The highest BCUT2D eigenvalue weighted by atomic mass is 35.5. The Bertz CT molecular complexity index is 624. The molecule has 1 aliphatic rings. The lowest BCUT2D eigenvalue weighted by molar-refractivity contribution is -0.384. The number of nitrogens with zero attached hydrogens (tertiary/aromatic N) is 2. The Morgan fingerprint density at radius 2 is 2.25 bits per heavy atom. The van der Waals surface area contributed by atoms with E-state index in [1.807, 2.05) is 0 Å². The van der Waals surface area contributed by atoms with Crippen molar-refractivity contribution >= 4 is 23.2 Å². The average Bonchev–Trinajstić information content (AvgIpc) is 2.79. The molecule has 24 heavy (non-hydrogen) atoms. The Balaban J connectivity index is 2.22. The number of hydrogen-bond acceptors (Lipinski definition) is 5. The number of amides is 1. The van der Waals surface area contributed by atoms with Gasteiger partial charge in [-0.3, -0.25) is 14.9 Å². The molecule has 2 rings (SSSR count). The molecule has 1 atom stereocenters. The molecular weight excluding hydrogens is 334 g/mol. The number of carbonyl (C=O) groups excluding carboxylic acids is 1. The fourth-order valence-corrected chi connectivity index (χ4v) is 3.14. The minimum absolute atomic E-state index is 0.0133. The number of ether oxygens (including phenoxy) is 1. The maximum Gasteiger partial charge on any atom is 0.288 e. The highest BCUT2D eigenvalue weighted by molar-refractivity contribution is 6.33. The van der Waals surface area contributed by atoms with E-state index >= 15 is 0 Å². The molecule has 1 unspecified atom stereocenters. The van der Waals surface area contributed by atoms with Crippen molar-refractivity contribution in [2.24, 2.45) is 0 Å². The zero-order valence-corrected chi connectivity index (χ0v) is 14.6. The molecule has 1 aromatic rings. The minimum Gasteiger partial charge on any atom is -0.496 e. The summed E-state index contributed by atoms with van der Waals surface area (Å²) in [6.07, 6.45) is 3.04. The third kappa shape index (κ3) is 4.36. The fourth-order valence-electron chi connectivity index (χ4n) is 2.92. The van der Waals surface area contributed by atoms with Crippen molar-refractivity contribution in [3.63, 3.8) is 0 Å². The monoisotopic (exact) mass is 355 g/mol. The van der Waals surface area contributed by atoms with Crippen LogP contribution in [0, 0.1) is 10.1 Å². The number of halogens is 1. The summed E-state index contributed by atoms with van der Waals surface area (Å²) >= 11 is 5.87. The van der Waals surface area contributed by atoms with Crippen molar-refractivity contribution in [3.8, 4) is 5.75 Å². The summed E-state index contributed by atoms with van der Waals surface area (Å²) in [5.74, 6) is -0.154. The highest BCUT2D eigenvalue weighted by Crippen LogP contribution is 2.32. The Hall–Kier alpha value is -1.86. The summed E-state index contributed by atoms with van der Waals surface area (Å²) in [4.78, 5) is 25.3. The second kappa shape index (κ2) is 8.30. The molecule has 0 saturated carbocycles. The van der Waals surface area contributed by atoms with Crippen molar-refractivity contribution in [3.05, 3.63) is 32.8 Å². The van der Waals surface area contributed by atoms with Crippen molar-refractivity contribution in [2.75, 3.05) is 26.7 Å². The van der Waals surface area contributed by atoms with E-state index in [1.165, 1.54) is 19.2 Å². The second-order valence-corrected chi connectivity index (χ2v) is 6.23. The number of hydrogen-bond donors (Lipinski definition) is 1. The number of likely N-dealkylation sites (tertiary alicyclic amines) is 1. The molecule has 0 bridgehead atoms. The molecule has 1 amide bonds. The Labute approximate surface area is 146 Å². The van der Waals surface area contributed by atoms with Gasteiger partial charge in [-0.2, -0.15) is 0 Å². The lowest BCUT2D eigenvalue weighted by Crippen LogP contribution is -2.42. The number of nitro groups is 1. The van der Waals surface area contributed by atoms with Crippen LogP contribution in [0.3, 0.4) is 0 Å². The first-order valence-corrected chi connectivity index (χ1v) is 8.39. The van der Waals surface area contributed by atoms with Gasteiger partial charge < -0.3 is 15.0 Å². The SMILES string of the molecule is CCN1CCCCC(NC(=O)c2cc([N+](=O)[O-])c(Cl)cc2OC)C1. The first-order valence-electron chi connectivity index (χ1n) is 8.01. The van der Waals surface area contributed by atoms with E-state index in [-0.39, 0.29) is 34.0 Å². The first-order chi connectivity index (χ1) is 11.5. The average molecular weight is 356 g/mol. The van der Waals surface area contributed by atoms with Crippen LogP contribution in [0.5, 0.6) is 5.75 Å². The molecule has 1 heterocycles. The molecule has 0 aromatic heterocycles. The highest BCUT2D eigenvalue weighted by Gasteiger charge is 2.24. The lowest BCUT2D eigenvalue weighted by Gasteiger charge is -2.23. The molecule has 0 spiro atoms. The molecule has 0 radical (unpaired) electrons. The van der Waals surface area contributed by atoms with Crippen LogP contribution >= 0.6 is 11.6 Å². The van der Waals surface area contributed by atoms with Gasteiger partial charge in [-0.1, -0.05) is 24.9 Å². The predicted octanol–water partition coefficient (Wildman–Crippen LogP) is 2.86. The van der Waals surface area contributed by atoms with Gasteiger partial charge in [-0.05, 0) is 25.9 Å². The summed E-state index contributed by atoms with van der Waals surface area (Å²) in [5.41, 5.74) is -0.181. The first kappa shape index (κ1) is 18.5. The van der Waals surface area contributed by atoms with E-state index in [0.29, 0.717) is 0 Å². The molecule has 1 N–H and O–H groups in total. The quantitative estimate of drug-likeness (QED) is 0.648. The van der Waals surface area contributed by atoms with Gasteiger partial charge in [0.2, 0.25) is 0 Å². The molecule has 8 heteroatoms. The van der Waals surface area contributed by atoms with Crippen LogP contribution in [0.4, 0.5) is 5.69 Å². The number of nitro benzene ring substituents is 1. The Kier molecular flexibility index (Phi) is 6.39. The molecular formula is C16H22ClN3O4. The second-order valence-electron chi connectivity index (χ2n) is 5.82. The smallest absolute Gasteiger partial charge is 0.288 e. The number of likely N-dealkylation sites (N-methyl/N-ethyl adjacent to an activating group) is 1. The van der Waals surface area contributed by atoms with Crippen molar-refractivity contribution in [2.45, 2.75) is 32.2 Å². The van der Waals surface area contributed by atoms with Gasteiger partial charge in [0.1, 0.15) is 10.8 Å². The number of rotatable bonds is 5. The van der Waals surface area contributed by atoms with Crippen LogP contribution in [0.1, 0.15) is 36.5 Å². The summed E-state index contributed by atoms with van der Waals surface area (Å²) in [7, 11) is 1.40. The van der Waals surface area contributed by atoms with Gasteiger partial charge >= 0.3 is 0 Å². The molecule has 132 valence electrons. The number of carbonyl (C=O) groups is 1. The molecule has 1 saturated heterocycles. The van der Waals surface area contributed by atoms with Gasteiger partial charge in [0, 0.05) is 24.7 Å². The third-order valence-corrected chi connectivity index (χ3v) is 4.55. The van der Waals surface area contributed by atoms with E-state index in [1.54, 1.807) is 0 Å². The third-order valence-electron chi connectivity index (χ3n) is 4.25. The zero-order valence-electron chi connectivity index (χ0n) is 13.9. The van der Waals surface area contributed by atoms with Crippen LogP contribution < -0.4 is 10.1 Å². The van der Waals surface area contributed by atoms with E-state index in [2.05, 4.69) is 17.1 Å². The van der Waals surface area contributed by atoms with Crippen molar-refractivity contribution < 1.29 is 14.5 Å². The molecule has 1 fully saturated rings. The molecule has 1 aliphatic heterocycles. The molecule has 7 nitrogen and oxygen atoms in total. The summed E-state index contributed by atoms with van der Waals surface area (Å²) in [6, 6.07) is 2.49. The van der Waals surface area contributed by atoms with Crippen LogP contribution in [0.2, 0.25) is 5.02 Å². The Morgan fingerprint density at radius 3 is 2.88 bits per heavy atom. The van der Waals surface area contributed by atoms with Crippen molar-refractivity contribution in [1.82, 2.24) is 10.2 Å².